The van der Waals surface area contributed by atoms with Crippen LogP contribution in [0, 0.1) is 0 Å². The van der Waals surface area contributed by atoms with Crippen LogP contribution in [0.2, 0.25) is 0 Å². The van der Waals surface area contributed by atoms with E-state index in [0.29, 0.717) is 26.4 Å². The van der Waals surface area contributed by atoms with Gasteiger partial charge in [0, 0.05) is 26.4 Å². The van der Waals surface area contributed by atoms with Crippen LogP contribution in [0.4, 0.5) is 0 Å². The van der Waals surface area contributed by atoms with Crippen molar-refractivity contribution in [3.63, 3.8) is 0 Å². The molecule has 0 aromatic heterocycles. The minimum absolute atomic E-state index is 0.149. The quantitative estimate of drug-likeness (QED) is 0.667. The first-order valence-electron chi connectivity index (χ1n) is 6.82. The molecule has 114 valence electrons. The molecular formula is C15H25NO4. The summed E-state index contributed by atoms with van der Waals surface area (Å²) >= 11 is 0. The van der Waals surface area contributed by atoms with E-state index in [-0.39, 0.29) is 6.04 Å². The zero-order valence-corrected chi connectivity index (χ0v) is 12.6. The topological polar surface area (TPSA) is 62.9 Å². The van der Waals surface area contributed by atoms with E-state index in [4.69, 9.17) is 24.7 Å². The Morgan fingerprint density at radius 3 is 2.45 bits per heavy atom. The molecule has 0 saturated carbocycles. The number of benzene rings is 1. The summed E-state index contributed by atoms with van der Waals surface area (Å²) in [4.78, 5) is 0. The highest BCUT2D eigenvalue weighted by Gasteiger charge is 2.13. The van der Waals surface area contributed by atoms with Gasteiger partial charge in [-0.25, -0.2) is 0 Å². The Kier molecular flexibility index (Phi) is 8.02. The van der Waals surface area contributed by atoms with Crippen molar-refractivity contribution >= 4 is 0 Å². The molecule has 1 aromatic carbocycles. The molecule has 1 rings (SSSR count). The van der Waals surface area contributed by atoms with Crippen LogP contribution in [0.1, 0.15) is 24.9 Å². The number of hydrogen-bond donors (Lipinski definition) is 1. The van der Waals surface area contributed by atoms with E-state index in [0.717, 1.165) is 23.5 Å². The minimum atomic E-state index is -0.149. The fourth-order valence-corrected chi connectivity index (χ4v) is 1.89. The fourth-order valence-electron chi connectivity index (χ4n) is 1.89. The maximum absolute atomic E-state index is 5.97. The molecule has 2 N–H and O–H groups in total. The van der Waals surface area contributed by atoms with Gasteiger partial charge < -0.3 is 24.7 Å². The molecule has 1 atom stereocenters. The zero-order chi connectivity index (χ0) is 14.8. The Balaban J connectivity index is 2.43. The largest absolute Gasteiger partial charge is 0.496 e. The van der Waals surface area contributed by atoms with Crippen LogP contribution in [0.25, 0.3) is 0 Å². The number of methoxy groups -OCH3 is 2. The van der Waals surface area contributed by atoms with Gasteiger partial charge in [-0.1, -0.05) is 6.07 Å². The summed E-state index contributed by atoms with van der Waals surface area (Å²) in [5.74, 6) is 1.50. The first-order chi connectivity index (χ1) is 9.70. The van der Waals surface area contributed by atoms with Crippen molar-refractivity contribution in [2.24, 2.45) is 5.73 Å². The molecule has 0 fully saturated rings. The zero-order valence-electron chi connectivity index (χ0n) is 12.6. The Morgan fingerprint density at radius 2 is 1.80 bits per heavy atom. The number of rotatable bonds is 10. The van der Waals surface area contributed by atoms with E-state index < -0.39 is 0 Å². The molecule has 0 aliphatic heterocycles. The lowest BCUT2D eigenvalue weighted by molar-refractivity contribution is 0.0803. The van der Waals surface area contributed by atoms with Crippen molar-refractivity contribution in [3.05, 3.63) is 23.8 Å². The molecule has 0 amide bonds. The molecule has 20 heavy (non-hydrogen) atoms. The van der Waals surface area contributed by atoms with E-state index in [1.807, 2.05) is 25.1 Å². The molecule has 0 aliphatic rings. The maximum Gasteiger partial charge on any atom is 0.127 e. The van der Waals surface area contributed by atoms with Gasteiger partial charge in [-0.2, -0.15) is 0 Å². The summed E-state index contributed by atoms with van der Waals surface area (Å²) in [7, 11) is 3.31. The van der Waals surface area contributed by atoms with Gasteiger partial charge in [0.25, 0.3) is 0 Å². The molecule has 0 spiro atoms. The fraction of sp³-hybridized carbons (Fsp3) is 0.600. The van der Waals surface area contributed by atoms with Crippen LogP contribution >= 0.6 is 0 Å². The SMILES string of the molecule is COCCCOCCOc1cccc(OC)c1[C@H](C)N. The highest BCUT2D eigenvalue weighted by atomic mass is 16.5. The smallest absolute Gasteiger partial charge is 0.127 e. The molecular weight excluding hydrogens is 258 g/mol. The lowest BCUT2D eigenvalue weighted by Crippen LogP contribution is -2.13. The van der Waals surface area contributed by atoms with Crippen molar-refractivity contribution in [2.75, 3.05) is 40.6 Å². The van der Waals surface area contributed by atoms with Gasteiger partial charge >= 0.3 is 0 Å². The standard InChI is InChI=1S/C15H25NO4/c1-12(16)15-13(18-3)6-4-7-14(15)20-11-10-19-9-5-8-17-2/h4,6-7,12H,5,8-11,16H2,1-3H3/t12-/m0/s1. The van der Waals surface area contributed by atoms with Gasteiger partial charge in [0.2, 0.25) is 0 Å². The Labute approximate surface area is 121 Å². The number of nitrogens with two attached hydrogens (primary N) is 1. The van der Waals surface area contributed by atoms with Crippen molar-refractivity contribution in [1.29, 1.82) is 0 Å². The number of ether oxygens (including phenoxy) is 4. The summed E-state index contributed by atoms with van der Waals surface area (Å²) in [5, 5.41) is 0. The third-order valence-corrected chi connectivity index (χ3v) is 2.82. The first kappa shape index (κ1) is 16.8. The monoisotopic (exact) mass is 283 g/mol. The first-order valence-corrected chi connectivity index (χ1v) is 6.82. The lowest BCUT2D eigenvalue weighted by Gasteiger charge is -2.17. The molecule has 1 aromatic rings. The summed E-state index contributed by atoms with van der Waals surface area (Å²) in [6, 6.07) is 5.52. The number of hydrogen-bond acceptors (Lipinski definition) is 5. The molecule has 0 unspecified atom stereocenters. The van der Waals surface area contributed by atoms with Gasteiger partial charge in [-0.15, -0.1) is 0 Å². The van der Waals surface area contributed by atoms with Gasteiger partial charge in [0.1, 0.15) is 18.1 Å². The van der Waals surface area contributed by atoms with Crippen LogP contribution in [-0.4, -0.2) is 40.6 Å². The second-order valence-corrected chi connectivity index (χ2v) is 4.47. The summed E-state index contributed by atoms with van der Waals surface area (Å²) in [5.41, 5.74) is 6.85. The van der Waals surface area contributed by atoms with Crippen LogP contribution in [0.3, 0.4) is 0 Å². The van der Waals surface area contributed by atoms with Crippen LogP contribution in [0.5, 0.6) is 11.5 Å². The van der Waals surface area contributed by atoms with E-state index >= 15 is 0 Å². The summed E-state index contributed by atoms with van der Waals surface area (Å²) in [6.45, 7) is 4.33. The Hall–Kier alpha value is -1.30. The molecule has 0 saturated heterocycles. The summed E-state index contributed by atoms with van der Waals surface area (Å²) < 4.78 is 21.4. The molecule has 0 radical (unpaired) electrons. The Morgan fingerprint density at radius 1 is 1.05 bits per heavy atom. The predicted molar refractivity (Wildman–Crippen MR) is 78.4 cm³/mol. The normalized spacial score (nSPS) is 12.2. The van der Waals surface area contributed by atoms with E-state index in [1.54, 1.807) is 14.2 Å². The molecule has 5 heteroatoms. The highest BCUT2D eigenvalue weighted by molar-refractivity contribution is 5.46. The summed E-state index contributed by atoms with van der Waals surface area (Å²) in [6.07, 6.45) is 0.890. The molecule has 5 nitrogen and oxygen atoms in total. The van der Waals surface area contributed by atoms with Crippen molar-refractivity contribution < 1.29 is 18.9 Å². The molecule has 0 heterocycles. The maximum atomic E-state index is 5.97. The van der Waals surface area contributed by atoms with Gasteiger partial charge in [0.15, 0.2) is 0 Å². The molecule has 0 aliphatic carbocycles. The average Bonchev–Trinajstić information content (AvgIpc) is 2.45. The van der Waals surface area contributed by atoms with Crippen molar-refractivity contribution in [1.82, 2.24) is 0 Å². The third kappa shape index (κ3) is 5.36. The second-order valence-electron chi connectivity index (χ2n) is 4.47. The highest BCUT2D eigenvalue weighted by Crippen LogP contribution is 2.32. The van der Waals surface area contributed by atoms with Crippen LogP contribution < -0.4 is 15.2 Å². The van der Waals surface area contributed by atoms with Crippen LogP contribution in [-0.2, 0) is 9.47 Å². The van der Waals surface area contributed by atoms with E-state index in [1.165, 1.54) is 0 Å². The van der Waals surface area contributed by atoms with Gasteiger partial charge in [-0.05, 0) is 25.5 Å². The lowest BCUT2D eigenvalue weighted by atomic mass is 10.1. The minimum Gasteiger partial charge on any atom is -0.496 e. The van der Waals surface area contributed by atoms with Crippen LogP contribution in [0.15, 0.2) is 18.2 Å². The van der Waals surface area contributed by atoms with Gasteiger partial charge in [-0.3, -0.25) is 0 Å². The molecule has 0 bridgehead atoms. The van der Waals surface area contributed by atoms with Gasteiger partial charge in [0.05, 0.1) is 19.3 Å². The van der Waals surface area contributed by atoms with E-state index in [9.17, 15) is 0 Å². The third-order valence-electron chi connectivity index (χ3n) is 2.82. The van der Waals surface area contributed by atoms with E-state index in [2.05, 4.69) is 0 Å². The average molecular weight is 283 g/mol. The second kappa shape index (κ2) is 9.58. The Bertz CT molecular complexity index is 382. The van der Waals surface area contributed by atoms with Crippen molar-refractivity contribution in [3.8, 4) is 11.5 Å². The van der Waals surface area contributed by atoms with Crippen molar-refractivity contribution in [2.45, 2.75) is 19.4 Å². The predicted octanol–water partition coefficient (Wildman–Crippen LogP) is 2.15.